The van der Waals surface area contributed by atoms with E-state index >= 15 is 0 Å². The zero-order chi connectivity index (χ0) is 13.2. The summed E-state index contributed by atoms with van der Waals surface area (Å²) in [7, 11) is 0. The van der Waals surface area contributed by atoms with E-state index in [1.54, 1.807) is 11.3 Å². The van der Waals surface area contributed by atoms with Crippen molar-refractivity contribution in [3.63, 3.8) is 0 Å². The van der Waals surface area contributed by atoms with E-state index in [9.17, 15) is 5.11 Å². The van der Waals surface area contributed by atoms with Crippen molar-refractivity contribution >= 4 is 11.3 Å². The van der Waals surface area contributed by atoms with Crippen molar-refractivity contribution in [3.8, 4) is 0 Å². The van der Waals surface area contributed by atoms with Crippen LogP contribution in [0.4, 0.5) is 0 Å². The SMILES string of the molecule is CCc1ccc(C(O)c2ccc(C3CCC3)cc2)s1. The topological polar surface area (TPSA) is 20.2 Å². The number of hydrogen-bond acceptors (Lipinski definition) is 2. The van der Waals surface area contributed by atoms with Crippen molar-refractivity contribution in [3.05, 3.63) is 57.3 Å². The van der Waals surface area contributed by atoms with Crippen LogP contribution in [0.5, 0.6) is 0 Å². The van der Waals surface area contributed by atoms with Crippen LogP contribution in [-0.2, 0) is 6.42 Å². The highest BCUT2D eigenvalue weighted by Gasteiger charge is 2.20. The van der Waals surface area contributed by atoms with E-state index in [4.69, 9.17) is 0 Å². The van der Waals surface area contributed by atoms with Gasteiger partial charge in [0, 0.05) is 9.75 Å². The van der Waals surface area contributed by atoms with Gasteiger partial charge in [-0.25, -0.2) is 0 Å². The van der Waals surface area contributed by atoms with Crippen LogP contribution in [0.1, 0.15) is 59.1 Å². The summed E-state index contributed by atoms with van der Waals surface area (Å²) in [4.78, 5) is 2.38. The van der Waals surface area contributed by atoms with Crippen molar-refractivity contribution in [1.29, 1.82) is 0 Å². The molecule has 0 bridgehead atoms. The first-order valence-corrected chi connectivity index (χ1v) is 7.96. The quantitative estimate of drug-likeness (QED) is 0.858. The molecule has 1 aromatic heterocycles. The lowest BCUT2D eigenvalue weighted by atomic mass is 9.80. The van der Waals surface area contributed by atoms with Gasteiger partial charge in [-0.3, -0.25) is 0 Å². The number of thiophene rings is 1. The first-order valence-electron chi connectivity index (χ1n) is 7.14. The summed E-state index contributed by atoms with van der Waals surface area (Å²) < 4.78 is 0. The third kappa shape index (κ3) is 2.60. The van der Waals surface area contributed by atoms with E-state index in [2.05, 4.69) is 37.3 Å². The Hall–Kier alpha value is -1.12. The van der Waals surface area contributed by atoms with Crippen LogP contribution in [0, 0.1) is 0 Å². The number of rotatable bonds is 4. The molecule has 1 fully saturated rings. The van der Waals surface area contributed by atoms with Gasteiger partial charge >= 0.3 is 0 Å². The second kappa shape index (κ2) is 5.48. The third-order valence-electron chi connectivity index (χ3n) is 4.13. The molecule has 19 heavy (non-hydrogen) atoms. The summed E-state index contributed by atoms with van der Waals surface area (Å²) in [6.07, 6.45) is 4.59. The van der Waals surface area contributed by atoms with E-state index in [0.29, 0.717) is 0 Å². The molecular formula is C17H20OS. The summed E-state index contributed by atoms with van der Waals surface area (Å²) in [6, 6.07) is 12.7. The summed E-state index contributed by atoms with van der Waals surface area (Å²) in [5.41, 5.74) is 2.44. The Morgan fingerprint density at radius 3 is 2.42 bits per heavy atom. The minimum Gasteiger partial charge on any atom is -0.383 e. The van der Waals surface area contributed by atoms with Crippen LogP contribution >= 0.6 is 11.3 Å². The fourth-order valence-corrected chi connectivity index (χ4v) is 3.55. The van der Waals surface area contributed by atoms with E-state index in [1.165, 1.54) is 29.7 Å². The molecule has 0 spiro atoms. The molecule has 0 amide bonds. The number of aliphatic hydroxyl groups is 1. The van der Waals surface area contributed by atoms with Crippen LogP contribution in [-0.4, -0.2) is 5.11 Å². The smallest absolute Gasteiger partial charge is 0.113 e. The molecule has 1 aliphatic carbocycles. The monoisotopic (exact) mass is 272 g/mol. The molecule has 1 unspecified atom stereocenters. The molecule has 0 radical (unpaired) electrons. The van der Waals surface area contributed by atoms with Crippen LogP contribution < -0.4 is 0 Å². The largest absolute Gasteiger partial charge is 0.383 e. The Labute approximate surface area is 118 Å². The summed E-state index contributed by atoms with van der Waals surface area (Å²) in [5, 5.41) is 10.4. The minimum atomic E-state index is -0.472. The molecule has 2 aromatic rings. The van der Waals surface area contributed by atoms with Crippen LogP contribution in [0.25, 0.3) is 0 Å². The summed E-state index contributed by atoms with van der Waals surface area (Å²) in [5.74, 6) is 0.764. The predicted octanol–water partition coefficient (Wildman–Crippen LogP) is 4.66. The minimum absolute atomic E-state index is 0.472. The Kier molecular flexibility index (Phi) is 3.72. The van der Waals surface area contributed by atoms with Crippen LogP contribution in [0.2, 0.25) is 0 Å². The Morgan fingerprint density at radius 1 is 1.16 bits per heavy atom. The molecule has 1 atom stereocenters. The second-order valence-corrected chi connectivity index (χ2v) is 6.55. The average Bonchev–Trinajstić information content (AvgIpc) is 2.85. The maximum atomic E-state index is 10.4. The molecule has 0 saturated heterocycles. The molecule has 0 aliphatic heterocycles. The number of hydrogen-bond donors (Lipinski definition) is 1. The summed E-state index contributed by atoms with van der Waals surface area (Å²) in [6.45, 7) is 2.15. The Morgan fingerprint density at radius 2 is 1.89 bits per heavy atom. The lowest BCUT2D eigenvalue weighted by Gasteiger charge is -2.26. The molecular weight excluding hydrogens is 252 g/mol. The van der Waals surface area contributed by atoms with E-state index in [-0.39, 0.29) is 0 Å². The maximum absolute atomic E-state index is 10.4. The lowest BCUT2D eigenvalue weighted by Crippen LogP contribution is -2.08. The van der Waals surface area contributed by atoms with Gasteiger partial charge in [0.15, 0.2) is 0 Å². The Balaban J connectivity index is 1.77. The zero-order valence-electron chi connectivity index (χ0n) is 11.3. The highest BCUT2D eigenvalue weighted by molar-refractivity contribution is 7.12. The van der Waals surface area contributed by atoms with Gasteiger partial charge in [0.25, 0.3) is 0 Å². The van der Waals surface area contributed by atoms with Gasteiger partial charge in [-0.2, -0.15) is 0 Å². The molecule has 1 N–H and O–H groups in total. The highest BCUT2D eigenvalue weighted by atomic mass is 32.1. The summed E-state index contributed by atoms with van der Waals surface area (Å²) >= 11 is 1.71. The third-order valence-corrected chi connectivity index (χ3v) is 5.41. The highest BCUT2D eigenvalue weighted by Crippen LogP contribution is 2.37. The first kappa shape index (κ1) is 12.9. The Bertz CT molecular complexity index is 537. The van der Waals surface area contributed by atoms with E-state index in [1.807, 2.05) is 6.07 Å². The number of aliphatic hydroxyl groups excluding tert-OH is 1. The van der Waals surface area contributed by atoms with E-state index < -0.39 is 6.10 Å². The van der Waals surface area contributed by atoms with Crippen LogP contribution in [0.3, 0.4) is 0 Å². The van der Waals surface area contributed by atoms with Gasteiger partial charge in [0.2, 0.25) is 0 Å². The van der Waals surface area contributed by atoms with Gasteiger partial charge in [0.1, 0.15) is 6.10 Å². The molecule has 1 nitrogen and oxygen atoms in total. The molecule has 3 rings (SSSR count). The van der Waals surface area contributed by atoms with Crippen LogP contribution in [0.15, 0.2) is 36.4 Å². The molecule has 1 aliphatic rings. The molecule has 1 saturated carbocycles. The zero-order valence-corrected chi connectivity index (χ0v) is 12.1. The van der Waals surface area contributed by atoms with Crippen molar-refractivity contribution in [2.24, 2.45) is 0 Å². The van der Waals surface area contributed by atoms with Gasteiger partial charge in [-0.1, -0.05) is 37.6 Å². The molecule has 1 aromatic carbocycles. The van der Waals surface area contributed by atoms with Gasteiger partial charge in [0.05, 0.1) is 0 Å². The number of aryl methyl sites for hydroxylation is 1. The lowest BCUT2D eigenvalue weighted by molar-refractivity contribution is 0.224. The van der Waals surface area contributed by atoms with Gasteiger partial charge < -0.3 is 5.11 Å². The van der Waals surface area contributed by atoms with Crippen molar-refractivity contribution < 1.29 is 5.11 Å². The van der Waals surface area contributed by atoms with Crippen molar-refractivity contribution in [2.75, 3.05) is 0 Å². The van der Waals surface area contributed by atoms with Crippen molar-refractivity contribution in [1.82, 2.24) is 0 Å². The van der Waals surface area contributed by atoms with E-state index in [0.717, 1.165) is 22.8 Å². The predicted molar refractivity (Wildman–Crippen MR) is 80.8 cm³/mol. The van der Waals surface area contributed by atoms with Crippen molar-refractivity contribution in [2.45, 2.75) is 44.6 Å². The van der Waals surface area contributed by atoms with Gasteiger partial charge in [-0.05, 0) is 48.4 Å². The molecule has 2 heteroatoms. The fourth-order valence-electron chi connectivity index (χ4n) is 2.59. The first-order chi connectivity index (χ1) is 9.28. The normalized spacial score (nSPS) is 17.2. The second-order valence-electron chi connectivity index (χ2n) is 5.35. The molecule has 100 valence electrons. The maximum Gasteiger partial charge on any atom is 0.113 e. The fraction of sp³-hybridized carbons (Fsp3) is 0.412. The molecule has 1 heterocycles. The standard InChI is InChI=1S/C17H20OS/c1-2-15-10-11-16(19-15)17(18)14-8-6-13(7-9-14)12-4-3-5-12/h6-12,17-18H,2-5H2,1H3. The average molecular weight is 272 g/mol. The van der Waals surface area contributed by atoms with Gasteiger partial charge in [-0.15, -0.1) is 11.3 Å². The number of benzene rings is 1.